The first kappa shape index (κ1) is 20.6. The number of aromatic carboxylic acids is 1. The Morgan fingerprint density at radius 2 is 1.81 bits per heavy atom. The summed E-state index contributed by atoms with van der Waals surface area (Å²) < 4.78 is 11.0. The van der Waals surface area contributed by atoms with Gasteiger partial charge in [0.15, 0.2) is 11.5 Å². The molecule has 0 aromatic heterocycles. The Bertz CT molecular complexity index is 818. The zero-order valence-corrected chi connectivity index (χ0v) is 16.2. The van der Waals surface area contributed by atoms with Gasteiger partial charge in [-0.25, -0.2) is 4.79 Å². The number of rotatable bonds is 8. The number of methoxy groups -OCH3 is 1. The van der Waals surface area contributed by atoms with Crippen LogP contribution in [0.15, 0.2) is 36.4 Å². The molecular weight excluding hydrogens is 370 g/mol. The number of carbonyl (C=O) groups is 2. The molecule has 6 nitrogen and oxygen atoms in total. The van der Waals surface area contributed by atoms with Crippen LogP contribution in [0.25, 0.3) is 0 Å². The Morgan fingerprint density at radius 1 is 1.15 bits per heavy atom. The molecule has 1 amide bonds. The zero-order chi connectivity index (χ0) is 20.0. The van der Waals surface area contributed by atoms with E-state index in [1.807, 2.05) is 13.8 Å². The highest BCUT2D eigenvalue weighted by molar-refractivity contribution is 6.32. The number of nitrogens with one attached hydrogen (secondary N) is 1. The van der Waals surface area contributed by atoms with Crippen molar-refractivity contribution in [2.75, 3.05) is 13.7 Å². The van der Waals surface area contributed by atoms with Crippen molar-refractivity contribution in [3.63, 3.8) is 0 Å². The van der Waals surface area contributed by atoms with Gasteiger partial charge in [0.25, 0.3) is 5.91 Å². The van der Waals surface area contributed by atoms with E-state index in [9.17, 15) is 9.59 Å². The minimum absolute atomic E-state index is 0.193. The van der Waals surface area contributed by atoms with Crippen molar-refractivity contribution >= 4 is 23.5 Å². The average Bonchev–Trinajstić information content (AvgIpc) is 2.64. The van der Waals surface area contributed by atoms with Gasteiger partial charge in [0.2, 0.25) is 0 Å². The molecule has 0 saturated heterocycles. The van der Waals surface area contributed by atoms with Crippen LogP contribution in [0.4, 0.5) is 0 Å². The van der Waals surface area contributed by atoms with E-state index in [4.69, 9.17) is 26.2 Å². The van der Waals surface area contributed by atoms with E-state index in [2.05, 4.69) is 5.32 Å². The molecule has 27 heavy (non-hydrogen) atoms. The summed E-state index contributed by atoms with van der Waals surface area (Å²) >= 11 is 6.26. The summed E-state index contributed by atoms with van der Waals surface area (Å²) in [6.07, 6.45) is 0. The fraction of sp³-hybridized carbons (Fsp3) is 0.300. The lowest BCUT2D eigenvalue weighted by Crippen LogP contribution is -2.23. The molecule has 7 heteroatoms. The third-order valence-electron chi connectivity index (χ3n) is 3.71. The molecule has 0 aliphatic heterocycles. The van der Waals surface area contributed by atoms with Crippen LogP contribution in [0.1, 0.15) is 40.1 Å². The van der Waals surface area contributed by atoms with Gasteiger partial charge >= 0.3 is 5.97 Å². The number of carboxylic acid groups (broad SMARTS) is 1. The lowest BCUT2D eigenvalue weighted by atomic mass is 10.1. The molecule has 144 valence electrons. The number of amides is 1. The van der Waals surface area contributed by atoms with E-state index in [0.717, 1.165) is 5.56 Å². The minimum atomic E-state index is -0.993. The molecular formula is C20H22ClNO5. The summed E-state index contributed by atoms with van der Waals surface area (Å²) in [7, 11) is 1.49. The fourth-order valence-corrected chi connectivity index (χ4v) is 2.56. The molecule has 2 aromatic rings. The topological polar surface area (TPSA) is 84.9 Å². The Labute approximate surface area is 163 Å². The van der Waals surface area contributed by atoms with Crippen LogP contribution in [-0.2, 0) is 6.54 Å². The third kappa shape index (κ3) is 5.62. The Morgan fingerprint density at radius 3 is 2.37 bits per heavy atom. The van der Waals surface area contributed by atoms with E-state index in [1.54, 1.807) is 18.2 Å². The standard InChI is InChI=1S/C20H22ClNO5/c1-12(2)11-27-18-16(21)8-15(9-17(18)26-3)19(23)22-10-13-4-6-14(7-5-13)20(24)25/h4-9,12H,10-11H2,1-3H3,(H,22,23)(H,24,25). The van der Waals surface area contributed by atoms with Crippen molar-refractivity contribution in [2.24, 2.45) is 5.92 Å². The molecule has 0 radical (unpaired) electrons. The molecule has 0 aliphatic rings. The summed E-state index contributed by atoms with van der Waals surface area (Å²) in [4.78, 5) is 23.3. The molecule has 2 rings (SSSR count). The largest absolute Gasteiger partial charge is 0.493 e. The quantitative estimate of drug-likeness (QED) is 0.710. The van der Waals surface area contributed by atoms with Gasteiger partial charge in [-0.15, -0.1) is 0 Å². The summed E-state index contributed by atoms with van der Waals surface area (Å²) in [5.74, 6) is -0.200. The summed E-state index contributed by atoms with van der Waals surface area (Å²) in [6.45, 7) is 4.77. The maximum atomic E-state index is 12.4. The molecule has 2 N–H and O–H groups in total. The van der Waals surface area contributed by atoms with Gasteiger partial charge in [0.1, 0.15) is 0 Å². The summed E-state index contributed by atoms with van der Waals surface area (Å²) in [5, 5.41) is 12.0. The monoisotopic (exact) mass is 391 g/mol. The summed E-state index contributed by atoms with van der Waals surface area (Å²) in [6, 6.07) is 9.39. The highest BCUT2D eigenvalue weighted by Crippen LogP contribution is 2.36. The molecule has 0 saturated carbocycles. The summed E-state index contributed by atoms with van der Waals surface area (Å²) in [5.41, 5.74) is 1.32. The van der Waals surface area contributed by atoms with Crippen LogP contribution in [-0.4, -0.2) is 30.7 Å². The molecule has 0 fully saturated rings. The number of carbonyl (C=O) groups excluding carboxylic acids is 1. The predicted octanol–water partition coefficient (Wildman–Crippen LogP) is 4.01. The number of ether oxygens (including phenoxy) is 2. The van der Waals surface area contributed by atoms with Gasteiger partial charge in [-0.3, -0.25) is 4.79 Å². The number of halogens is 1. The van der Waals surface area contributed by atoms with Gasteiger partial charge in [-0.05, 0) is 35.7 Å². The molecule has 2 aromatic carbocycles. The molecule has 0 bridgehead atoms. The molecule has 0 atom stereocenters. The van der Waals surface area contributed by atoms with Crippen LogP contribution < -0.4 is 14.8 Å². The Kier molecular flexibility index (Phi) is 7.07. The molecule has 0 heterocycles. The fourth-order valence-electron chi connectivity index (χ4n) is 2.29. The van der Waals surface area contributed by atoms with Gasteiger partial charge in [-0.1, -0.05) is 37.6 Å². The van der Waals surface area contributed by atoms with Crippen LogP contribution >= 0.6 is 11.6 Å². The van der Waals surface area contributed by atoms with Crippen molar-refractivity contribution in [1.29, 1.82) is 0 Å². The predicted molar refractivity (Wildman–Crippen MR) is 103 cm³/mol. The van der Waals surface area contributed by atoms with Crippen LogP contribution in [0, 0.1) is 5.92 Å². The number of benzene rings is 2. The van der Waals surface area contributed by atoms with E-state index >= 15 is 0 Å². The second-order valence-corrected chi connectivity index (χ2v) is 6.79. The lowest BCUT2D eigenvalue weighted by molar-refractivity contribution is 0.0696. The molecule has 0 aliphatic carbocycles. The first-order valence-corrected chi connectivity index (χ1v) is 8.80. The van der Waals surface area contributed by atoms with Crippen molar-refractivity contribution in [3.8, 4) is 11.5 Å². The second-order valence-electron chi connectivity index (χ2n) is 6.38. The number of hydrogen-bond donors (Lipinski definition) is 2. The van der Waals surface area contributed by atoms with Crippen LogP contribution in [0.3, 0.4) is 0 Å². The third-order valence-corrected chi connectivity index (χ3v) is 3.99. The number of carboxylic acids is 1. The maximum Gasteiger partial charge on any atom is 0.335 e. The lowest BCUT2D eigenvalue weighted by Gasteiger charge is -2.15. The van der Waals surface area contributed by atoms with Gasteiger partial charge in [0.05, 0.1) is 24.3 Å². The Hall–Kier alpha value is -2.73. The van der Waals surface area contributed by atoms with Crippen molar-refractivity contribution in [1.82, 2.24) is 5.32 Å². The SMILES string of the molecule is COc1cc(C(=O)NCc2ccc(C(=O)O)cc2)cc(Cl)c1OCC(C)C. The van der Waals surface area contributed by atoms with Gasteiger partial charge in [-0.2, -0.15) is 0 Å². The first-order valence-electron chi connectivity index (χ1n) is 8.42. The average molecular weight is 392 g/mol. The van der Waals surface area contributed by atoms with Crippen LogP contribution in [0.2, 0.25) is 5.02 Å². The van der Waals surface area contributed by atoms with Gasteiger partial charge < -0.3 is 19.9 Å². The first-order chi connectivity index (χ1) is 12.8. The number of hydrogen-bond acceptors (Lipinski definition) is 4. The zero-order valence-electron chi connectivity index (χ0n) is 15.4. The van der Waals surface area contributed by atoms with Crippen molar-refractivity contribution < 1.29 is 24.2 Å². The van der Waals surface area contributed by atoms with E-state index in [0.29, 0.717) is 34.6 Å². The normalized spacial score (nSPS) is 10.6. The van der Waals surface area contributed by atoms with E-state index in [1.165, 1.54) is 25.3 Å². The Balaban J connectivity index is 2.09. The van der Waals surface area contributed by atoms with Crippen LogP contribution in [0.5, 0.6) is 11.5 Å². The van der Waals surface area contributed by atoms with E-state index in [-0.39, 0.29) is 18.0 Å². The smallest absolute Gasteiger partial charge is 0.335 e. The second kappa shape index (κ2) is 9.28. The molecule has 0 unspecified atom stereocenters. The highest BCUT2D eigenvalue weighted by Gasteiger charge is 2.16. The molecule has 0 spiro atoms. The maximum absolute atomic E-state index is 12.4. The minimum Gasteiger partial charge on any atom is -0.493 e. The van der Waals surface area contributed by atoms with Crippen molar-refractivity contribution in [3.05, 3.63) is 58.1 Å². The van der Waals surface area contributed by atoms with E-state index < -0.39 is 5.97 Å². The highest BCUT2D eigenvalue weighted by atomic mass is 35.5. The van der Waals surface area contributed by atoms with Crippen molar-refractivity contribution in [2.45, 2.75) is 20.4 Å². The van der Waals surface area contributed by atoms with Gasteiger partial charge in [0, 0.05) is 12.1 Å².